The molecule has 0 spiro atoms. The highest BCUT2D eigenvalue weighted by atomic mass is 32.1. The molecule has 0 radical (unpaired) electrons. The number of nitrogens with zero attached hydrogens (tertiary/aromatic N) is 1. The molecule has 0 saturated carbocycles. The summed E-state index contributed by atoms with van der Waals surface area (Å²) in [6.45, 7) is 10.0. The molecule has 2 rings (SSSR count). The van der Waals surface area contributed by atoms with Crippen LogP contribution in [0.5, 0.6) is 0 Å². The first-order valence-corrected chi connectivity index (χ1v) is 7.16. The standard InChI is InChI=1S/C10H10N2OS.2C2H6/c1-7(13)11-6-10-12-8-4-2-3-5-9(8)14-10;2*1-2/h2-5H,6H2,1H3,(H,11,13);2*1-2H3. The van der Waals surface area contributed by atoms with Crippen molar-refractivity contribution in [2.45, 2.75) is 41.2 Å². The van der Waals surface area contributed by atoms with Crippen molar-refractivity contribution in [1.29, 1.82) is 0 Å². The van der Waals surface area contributed by atoms with Gasteiger partial charge in [0.15, 0.2) is 0 Å². The van der Waals surface area contributed by atoms with Crippen LogP contribution in [-0.2, 0) is 11.3 Å². The minimum atomic E-state index is -0.0238. The molecular formula is C14H22N2OS. The minimum absolute atomic E-state index is 0.0238. The molecule has 1 N–H and O–H groups in total. The van der Waals surface area contributed by atoms with Gasteiger partial charge in [-0.3, -0.25) is 4.79 Å². The quantitative estimate of drug-likeness (QED) is 0.893. The molecule has 0 aliphatic rings. The van der Waals surface area contributed by atoms with Gasteiger partial charge in [0.2, 0.25) is 5.91 Å². The van der Waals surface area contributed by atoms with Crippen molar-refractivity contribution in [2.75, 3.05) is 0 Å². The number of amides is 1. The van der Waals surface area contributed by atoms with Crippen LogP contribution in [0.2, 0.25) is 0 Å². The van der Waals surface area contributed by atoms with Gasteiger partial charge in [-0.25, -0.2) is 4.98 Å². The van der Waals surface area contributed by atoms with Crippen LogP contribution in [0.1, 0.15) is 39.6 Å². The smallest absolute Gasteiger partial charge is 0.217 e. The van der Waals surface area contributed by atoms with E-state index in [9.17, 15) is 4.79 Å². The van der Waals surface area contributed by atoms with Gasteiger partial charge in [0.1, 0.15) is 5.01 Å². The van der Waals surface area contributed by atoms with E-state index < -0.39 is 0 Å². The third-order valence-electron chi connectivity index (χ3n) is 1.83. The normalized spacial score (nSPS) is 8.72. The van der Waals surface area contributed by atoms with Gasteiger partial charge in [-0.2, -0.15) is 0 Å². The Morgan fingerprint density at radius 3 is 2.39 bits per heavy atom. The number of para-hydroxylation sites is 1. The van der Waals surface area contributed by atoms with Gasteiger partial charge in [0.05, 0.1) is 16.8 Å². The van der Waals surface area contributed by atoms with E-state index in [2.05, 4.69) is 10.3 Å². The van der Waals surface area contributed by atoms with Crippen LogP contribution in [0.3, 0.4) is 0 Å². The van der Waals surface area contributed by atoms with Crippen molar-refractivity contribution in [3.8, 4) is 0 Å². The molecule has 1 heterocycles. The van der Waals surface area contributed by atoms with Gasteiger partial charge in [-0.15, -0.1) is 11.3 Å². The number of rotatable bonds is 2. The van der Waals surface area contributed by atoms with Crippen molar-refractivity contribution in [1.82, 2.24) is 10.3 Å². The average Bonchev–Trinajstić information content (AvgIpc) is 2.84. The zero-order valence-corrected chi connectivity index (χ0v) is 12.6. The fourth-order valence-electron chi connectivity index (χ4n) is 1.20. The summed E-state index contributed by atoms with van der Waals surface area (Å²) in [5.41, 5.74) is 0.998. The zero-order valence-electron chi connectivity index (χ0n) is 11.8. The third kappa shape index (κ3) is 5.27. The summed E-state index contributed by atoms with van der Waals surface area (Å²) in [5.74, 6) is -0.0238. The highest BCUT2D eigenvalue weighted by Crippen LogP contribution is 2.20. The molecule has 1 aromatic heterocycles. The number of carbonyl (C=O) groups excluding carboxylic acids is 1. The average molecular weight is 266 g/mol. The first-order valence-electron chi connectivity index (χ1n) is 6.34. The van der Waals surface area contributed by atoms with Gasteiger partial charge in [-0.1, -0.05) is 39.8 Å². The van der Waals surface area contributed by atoms with Crippen molar-refractivity contribution in [2.24, 2.45) is 0 Å². The van der Waals surface area contributed by atoms with Crippen LogP contribution < -0.4 is 5.32 Å². The predicted molar refractivity (Wildman–Crippen MR) is 79.8 cm³/mol. The molecule has 1 amide bonds. The van der Waals surface area contributed by atoms with Gasteiger partial charge >= 0.3 is 0 Å². The largest absolute Gasteiger partial charge is 0.350 e. The van der Waals surface area contributed by atoms with Crippen LogP contribution in [0.25, 0.3) is 10.2 Å². The lowest BCUT2D eigenvalue weighted by molar-refractivity contribution is -0.119. The highest BCUT2D eigenvalue weighted by molar-refractivity contribution is 7.18. The summed E-state index contributed by atoms with van der Waals surface area (Å²) in [6, 6.07) is 7.96. The summed E-state index contributed by atoms with van der Waals surface area (Å²) in [6.07, 6.45) is 0. The Bertz CT molecular complexity index is 433. The third-order valence-corrected chi connectivity index (χ3v) is 2.86. The first-order chi connectivity index (χ1) is 8.75. The molecule has 3 nitrogen and oxygen atoms in total. The van der Waals surface area contributed by atoms with Gasteiger partial charge < -0.3 is 5.32 Å². The Hall–Kier alpha value is -1.42. The fraction of sp³-hybridized carbons (Fsp3) is 0.429. The molecule has 0 bridgehead atoms. The maximum absolute atomic E-state index is 10.7. The Kier molecular flexibility index (Phi) is 8.84. The Balaban J connectivity index is 0.000000659. The molecule has 4 heteroatoms. The molecule has 0 aliphatic carbocycles. The summed E-state index contributed by atoms with van der Waals surface area (Å²) >= 11 is 1.61. The molecular weight excluding hydrogens is 244 g/mol. The van der Waals surface area contributed by atoms with Crippen LogP contribution in [0.4, 0.5) is 0 Å². The van der Waals surface area contributed by atoms with Crippen molar-refractivity contribution >= 4 is 27.5 Å². The van der Waals surface area contributed by atoms with E-state index in [0.717, 1.165) is 15.2 Å². The molecule has 0 fully saturated rings. The number of aromatic nitrogens is 1. The summed E-state index contributed by atoms with van der Waals surface area (Å²) in [7, 11) is 0. The van der Waals surface area contributed by atoms with E-state index in [1.807, 2.05) is 52.0 Å². The minimum Gasteiger partial charge on any atom is -0.350 e. The van der Waals surface area contributed by atoms with E-state index in [1.54, 1.807) is 11.3 Å². The second-order valence-electron chi connectivity index (χ2n) is 2.99. The number of benzene rings is 1. The lowest BCUT2D eigenvalue weighted by Crippen LogP contribution is -2.18. The molecule has 0 saturated heterocycles. The number of hydrogen-bond donors (Lipinski definition) is 1. The van der Waals surface area contributed by atoms with E-state index in [-0.39, 0.29) is 5.91 Å². The molecule has 0 atom stereocenters. The second kappa shape index (κ2) is 9.59. The summed E-state index contributed by atoms with van der Waals surface area (Å²) < 4.78 is 1.16. The van der Waals surface area contributed by atoms with E-state index in [1.165, 1.54) is 6.92 Å². The molecule has 2 aromatic rings. The van der Waals surface area contributed by atoms with Crippen LogP contribution >= 0.6 is 11.3 Å². The predicted octanol–water partition coefficient (Wildman–Crippen LogP) is 3.98. The van der Waals surface area contributed by atoms with E-state index in [0.29, 0.717) is 6.54 Å². The van der Waals surface area contributed by atoms with Gasteiger partial charge in [0.25, 0.3) is 0 Å². The molecule has 0 unspecified atom stereocenters. The molecule has 18 heavy (non-hydrogen) atoms. The van der Waals surface area contributed by atoms with Crippen LogP contribution in [0.15, 0.2) is 24.3 Å². The van der Waals surface area contributed by atoms with Gasteiger partial charge in [0, 0.05) is 6.92 Å². The molecule has 1 aromatic carbocycles. The Labute approximate surface area is 113 Å². The first kappa shape index (κ1) is 16.6. The van der Waals surface area contributed by atoms with Crippen LogP contribution in [-0.4, -0.2) is 10.9 Å². The Morgan fingerprint density at radius 2 is 1.83 bits per heavy atom. The number of thiazole rings is 1. The zero-order chi connectivity index (χ0) is 14.0. The molecule has 100 valence electrons. The number of nitrogens with one attached hydrogen (secondary N) is 1. The van der Waals surface area contributed by atoms with Crippen molar-refractivity contribution in [3.63, 3.8) is 0 Å². The maximum Gasteiger partial charge on any atom is 0.217 e. The van der Waals surface area contributed by atoms with Crippen molar-refractivity contribution in [3.05, 3.63) is 29.3 Å². The lowest BCUT2D eigenvalue weighted by atomic mass is 10.3. The Morgan fingerprint density at radius 1 is 1.22 bits per heavy atom. The summed E-state index contributed by atoms with van der Waals surface area (Å²) in [4.78, 5) is 15.1. The summed E-state index contributed by atoms with van der Waals surface area (Å²) in [5, 5.41) is 3.68. The van der Waals surface area contributed by atoms with E-state index in [4.69, 9.17) is 0 Å². The number of hydrogen-bond acceptors (Lipinski definition) is 3. The number of carbonyl (C=O) groups is 1. The highest BCUT2D eigenvalue weighted by Gasteiger charge is 2.02. The van der Waals surface area contributed by atoms with E-state index >= 15 is 0 Å². The van der Waals surface area contributed by atoms with Crippen molar-refractivity contribution < 1.29 is 4.79 Å². The maximum atomic E-state index is 10.7. The van der Waals surface area contributed by atoms with Crippen LogP contribution in [0, 0.1) is 0 Å². The lowest BCUT2D eigenvalue weighted by Gasteiger charge is -1.95. The van der Waals surface area contributed by atoms with Gasteiger partial charge in [-0.05, 0) is 12.1 Å². The number of fused-ring (bicyclic) bond motifs is 1. The molecule has 0 aliphatic heterocycles. The SMILES string of the molecule is CC.CC.CC(=O)NCc1nc2ccccc2s1. The topological polar surface area (TPSA) is 42.0 Å². The second-order valence-corrected chi connectivity index (χ2v) is 4.10. The monoisotopic (exact) mass is 266 g/mol. The fourth-order valence-corrected chi connectivity index (χ4v) is 2.10.